The van der Waals surface area contributed by atoms with Crippen LogP contribution in [-0.2, 0) is 9.59 Å². The molecular formula is C22H34NNaO3. The molecular weight excluding hydrogens is 349 g/mol. The Bertz CT molecular complexity index is 625. The Hall–Kier alpha value is -0.0600. The summed E-state index contributed by atoms with van der Waals surface area (Å²) in [6, 6.07) is 0.397. The number of aliphatic carboxylic acids is 1. The van der Waals surface area contributed by atoms with Crippen LogP contribution in [0.5, 0.6) is 0 Å². The van der Waals surface area contributed by atoms with Gasteiger partial charge in [-0.3, -0.25) is 4.79 Å². The fraction of sp³-hybridized carbons (Fsp3) is 0.909. The maximum atomic E-state index is 12.2. The van der Waals surface area contributed by atoms with Gasteiger partial charge in [-0.25, -0.2) is 0 Å². The summed E-state index contributed by atoms with van der Waals surface area (Å²) in [6.45, 7) is 6.67. The number of piperidine rings is 1. The summed E-state index contributed by atoms with van der Waals surface area (Å²) in [7, 11) is 2.00. The van der Waals surface area contributed by atoms with Gasteiger partial charge in [0.1, 0.15) is 0 Å². The van der Waals surface area contributed by atoms with Crippen molar-refractivity contribution in [1.82, 2.24) is 4.90 Å². The molecule has 0 bridgehead atoms. The van der Waals surface area contributed by atoms with Gasteiger partial charge in [-0.05, 0) is 85.4 Å². The van der Waals surface area contributed by atoms with Crippen molar-refractivity contribution >= 4 is 11.9 Å². The standard InChI is InChI=1S/C22H35NO3.Na/c1-13(20(25)26)15-6-7-16-14-5-8-18-22(3,12-10-19(24)23(18)4)17(14)9-11-21(15,16)2;/h13-18H,5-12H2,1-4H3,(H,25,26);/q;+1/p-1/t13?,14-,15+,16-,17-,18?,21+,22+;/m0./s1. The van der Waals surface area contributed by atoms with Gasteiger partial charge in [0.25, 0.3) is 0 Å². The molecule has 146 valence electrons. The predicted octanol–water partition coefficient (Wildman–Crippen LogP) is -0.144. The van der Waals surface area contributed by atoms with Crippen LogP contribution >= 0.6 is 0 Å². The van der Waals surface area contributed by atoms with Gasteiger partial charge in [0.2, 0.25) is 5.91 Å². The topological polar surface area (TPSA) is 60.4 Å². The van der Waals surface area contributed by atoms with E-state index in [1.165, 1.54) is 19.3 Å². The Labute approximate surface area is 186 Å². The molecule has 2 unspecified atom stereocenters. The second-order valence-electron chi connectivity index (χ2n) is 10.3. The summed E-state index contributed by atoms with van der Waals surface area (Å²) in [5.74, 6) is 1.40. The molecule has 0 aromatic heterocycles. The van der Waals surface area contributed by atoms with Gasteiger partial charge < -0.3 is 14.8 Å². The quantitative estimate of drug-likeness (QED) is 0.624. The third kappa shape index (κ3) is 3.04. The Morgan fingerprint density at radius 2 is 1.74 bits per heavy atom. The minimum absolute atomic E-state index is 0. The number of nitrogens with zero attached hydrogens (tertiary/aromatic N) is 1. The molecule has 0 aromatic carbocycles. The zero-order chi connectivity index (χ0) is 18.9. The second-order valence-corrected chi connectivity index (χ2v) is 10.3. The van der Waals surface area contributed by atoms with Crippen molar-refractivity contribution in [2.75, 3.05) is 7.05 Å². The number of likely N-dealkylation sites (tertiary alicyclic amines) is 1. The average molecular weight is 384 g/mol. The number of rotatable bonds is 2. The monoisotopic (exact) mass is 383 g/mol. The number of carboxylic acids is 1. The Balaban J connectivity index is 0.00000210. The number of hydrogen-bond donors (Lipinski definition) is 0. The first-order valence-electron chi connectivity index (χ1n) is 10.7. The van der Waals surface area contributed by atoms with E-state index in [1.54, 1.807) is 0 Å². The van der Waals surface area contributed by atoms with Crippen molar-refractivity contribution < 1.29 is 44.3 Å². The van der Waals surface area contributed by atoms with Crippen LogP contribution in [0, 0.1) is 40.4 Å². The van der Waals surface area contributed by atoms with Crippen LogP contribution in [0.4, 0.5) is 0 Å². The molecule has 1 heterocycles. The average Bonchev–Trinajstić information content (AvgIpc) is 2.95. The molecule has 3 aliphatic carbocycles. The molecule has 3 saturated carbocycles. The summed E-state index contributed by atoms with van der Waals surface area (Å²) in [5.41, 5.74) is 0.394. The number of amides is 1. The number of fused-ring (bicyclic) bond motifs is 5. The van der Waals surface area contributed by atoms with Crippen LogP contribution in [0.2, 0.25) is 0 Å². The van der Waals surface area contributed by atoms with Gasteiger partial charge in [0.05, 0.1) is 0 Å². The van der Waals surface area contributed by atoms with E-state index >= 15 is 0 Å². The molecule has 0 aromatic rings. The third-order valence-corrected chi connectivity index (χ3v) is 9.61. The molecule has 5 heteroatoms. The predicted molar refractivity (Wildman–Crippen MR) is 97.8 cm³/mol. The van der Waals surface area contributed by atoms with Gasteiger partial charge in [0.15, 0.2) is 0 Å². The summed E-state index contributed by atoms with van der Waals surface area (Å²) in [4.78, 5) is 25.8. The zero-order valence-corrected chi connectivity index (χ0v) is 19.8. The van der Waals surface area contributed by atoms with Crippen LogP contribution < -0.4 is 34.7 Å². The van der Waals surface area contributed by atoms with Gasteiger partial charge in [-0.15, -0.1) is 0 Å². The fourth-order valence-electron chi connectivity index (χ4n) is 8.18. The molecule has 1 saturated heterocycles. The summed E-state index contributed by atoms with van der Waals surface area (Å²) in [6.07, 6.45) is 8.60. The van der Waals surface area contributed by atoms with Gasteiger partial charge in [0, 0.05) is 25.5 Å². The first-order valence-corrected chi connectivity index (χ1v) is 10.7. The van der Waals surface area contributed by atoms with Crippen molar-refractivity contribution in [3.63, 3.8) is 0 Å². The molecule has 4 nitrogen and oxygen atoms in total. The molecule has 1 aliphatic heterocycles. The van der Waals surface area contributed by atoms with E-state index in [0.717, 1.165) is 25.7 Å². The van der Waals surface area contributed by atoms with E-state index < -0.39 is 5.97 Å². The van der Waals surface area contributed by atoms with E-state index in [9.17, 15) is 14.7 Å². The van der Waals surface area contributed by atoms with E-state index in [4.69, 9.17) is 0 Å². The number of carbonyl (C=O) groups excluding carboxylic acids is 2. The molecule has 0 spiro atoms. The Kier molecular flexibility index (Phi) is 5.87. The molecule has 4 aliphatic rings. The van der Waals surface area contributed by atoms with Crippen LogP contribution in [0.1, 0.15) is 72.1 Å². The zero-order valence-electron chi connectivity index (χ0n) is 17.8. The normalized spacial score (nSPS) is 47.3. The Morgan fingerprint density at radius 3 is 2.41 bits per heavy atom. The van der Waals surface area contributed by atoms with Crippen molar-refractivity contribution in [3.05, 3.63) is 0 Å². The minimum Gasteiger partial charge on any atom is -0.550 e. The smallest absolute Gasteiger partial charge is 0.550 e. The minimum atomic E-state index is -0.873. The number of carboxylic acid groups (broad SMARTS) is 1. The molecule has 8 atom stereocenters. The molecule has 0 radical (unpaired) electrons. The second kappa shape index (κ2) is 7.32. The van der Waals surface area contributed by atoms with Crippen molar-refractivity contribution in [2.24, 2.45) is 40.4 Å². The first-order chi connectivity index (χ1) is 12.2. The SMILES string of the molecule is CC(C(=O)[O-])[C@H]1CC[C@H]2[C@@H]3CCC4N(C)C(=O)CC[C@]4(C)[C@H]3CC[C@]12C.[Na+]. The number of carbonyl (C=O) groups is 2. The van der Waals surface area contributed by atoms with Crippen LogP contribution in [0.3, 0.4) is 0 Å². The first kappa shape index (κ1) is 21.6. The van der Waals surface area contributed by atoms with Gasteiger partial charge >= 0.3 is 29.6 Å². The van der Waals surface area contributed by atoms with Gasteiger partial charge in [-0.2, -0.15) is 0 Å². The van der Waals surface area contributed by atoms with Crippen molar-refractivity contribution in [1.29, 1.82) is 0 Å². The van der Waals surface area contributed by atoms with Crippen LogP contribution in [0.15, 0.2) is 0 Å². The summed E-state index contributed by atoms with van der Waals surface area (Å²) >= 11 is 0. The fourth-order valence-corrected chi connectivity index (χ4v) is 8.18. The third-order valence-electron chi connectivity index (χ3n) is 9.61. The van der Waals surface area contributed by atoms with Crippen LogP contribution in [0.25, 0.3) is 0 Å². The molecule has 4 rings (SSSR count). The molecule has 0 N–H and O–H groups in total. The molecule has 27 heavy (non-hydrogen) atoms. The van der Waals surface area contributed by atoms with Crippen molar-refractivity contribution in [3.8, 4) is 0 Å². The van der Waals surface area contributed by atoms with E-state index in [1.807, 2.05) is 18.9 Å². The Morgan fingerprint density at radius 1 is 1.07 bits per heavy atom. The molecule has 4 fully saturated rings. The maximum absolute atomic E-state index is 12.2. The largest absolute Gasteiger partial charge is 1.00 e. The van der Waals surface area contributed by atoms with E-state index in [-0.39, 0.29) is 52.2 Å². The number of hydrogen-bond acceptors (Lipinski definition) is 3. The molecule has 1 amide bonds. The van der Waals surface area contributed by atoms with Crippen LogP contribution in [-0.4, -0.2) is 29.9 Å². The summed E-state index contributed by atoms with van der Waals surface area (Å²) < 4.78 is 0. The summed E-state index contributed by atoms with van der Waals surface area (Å²) in [5, 5.41) is 11.5. The maximum Gasteiger partial charge on any atom is 1.00 e. The van der Waals surface area contributed by atoms with Crippen molar-refractivity contribution in [2.45, 2.75) is 78.2 Å². The van der Waals surface area contributed by atoms with E-state index in [0.29, 0.717) is 36.1 Å². The van der Waals surface area contributed by atoms with Gasteiger partial charge in [-0.1, -0.05) is 20.8 Å². The van der Waals surface area contributed by atoms with E-state index in [2.05, 4.69) is 13.8 Å².